The van der Waals surface area contributed by atoms with Crippen LogP contribution in [0.5, 0.6) is 0 Å². The van der Waals surface area contributed by atoms with Crippen molar-refractivity contribution in [3.63, 3.8) is 0 Å². The standard InChI is InChI=1S/C8H6GeS2.2C2H6O/c1-3-7(10-5-1)9-8-4-2-6-11-8;2*1-2-3/h1-6H;2*3H,2H2,1H3. The summed E-state index contributed by atoms with van der Waals surface area (Å²) < 4.78 is 3.15. The number of aliphatic hydroxyl groups is 2. The Balaban J connectivity index is 0.000000366. The molecule has 0 unspecified atom stereocenters. The van der Waals surface area contributed by atoms with Crippen molar-refractivity contribution in [1.29, 1.82) is 0 Å². The minimum absolute atomic E-state index is 0.00926. The van der Waals surface area contributed by atoms with Crippen molar-refractivity contribution in [2.75, 3.05) is 13.2 Å². The van der Waals surface area contributed by atoms with Gasteiger partial charge in [-0.15, -0.1) is 0 Å². The number of hydrogen-bond donors (Lipinski definition) is 2. The summed E-state index contributed by atoms with van der Waals surface area (Å²) in [4.78, 5) is 0. The summed E-state index contributed by atoms with van der Waals surface area (Å²) in [6.45, 7) is 3.86. The summed E-state index contributed by atoms with van der Waals surface area (Å²) in [5.74, 6) is 0. The van der Waals surface area contributed by atoms with Crippen molar-refractivity contribution in [1.82, 2.24) is 0 Å². The first-order valence-electron chi connectivity index (χ1n) is 5.34. The predicted octanol–water partition coefficient (Wildman–Crippen LogP) is 1.46. The number of hydrogen-bond acceptors (Lipinski definition) is 4. The molecule has 0 aliphatic rings. The Morgan fingerprint density at radius 1 is 0.941 bits per heavy atom. The van der Waals surface area contributed by atoms with Gasteiger partial charge in [-0.1, -0.05) is 0 Å². The van der Waals surface area contributed by atoms with Crippen molar-refractivity contribution in [2.24, 2.45) is 0 Å². The van der Waals surface area contributed by atoms with E-state index in [9.17, 15) is 0 Å². The zero-order chi connectivity index (χ0) is 12.9. The maximum absolute atomic E-state index is 7.57. The van der Waals surface area contributed by atoms with E-state index in [-0.39, 0.29) is 28.6 Å². The monoisotopic (exact) mass is 332 g/mol. The van der Waals surface area contributed by atoms with Crippen molar-refractivity contribution >= 4 is 45.5 Å². The van der Waals surface area contributed by atoms with E-state index in [0.29, 0.717) is 0 Å². The fraction of sp³-hybridized carbons (Fsp3) is 0.333. The second-order valence-electron chi connectivity index (χ2n) is 2.71. The number of thiophene rings is 2. The van der Waals surface area contributed by atoms with Crippen LogP contribution in [0.4, 0.5) is 0 Å². The van der Waals surface area contributed by atoms with Crippen LogP contribution >= 0.6 is 22.7 Å². The van der Waals surface area contributed by atoms with E-state index >= 15 is 0 Å². The molecule has 0 aromatic carbocycles. The molecule has 2 rings (SSSR count). The first-order valence-corrected chi connectivity index (χ1v) is 9.19. The fourth-order valence-electron chi connectivity index (χ4n) is 0.821. The van der Waals surface area contributed by atoms with Gasteiger partial charge in [0.05, 0.1) is 0 Å². The van der Waals surface area contributed by atoms with Crippen molar-refractivity contribution < 1.29 is 10.2 Å². The Hall–Kier alpha value is -0.137. The molecule has 2 radical (unpaired) electrons. The van der Waals surface area contributed by atoms with Gasteiger partial charge in [0.2, 0.25) is 0 Å². The topological polar surface area (TPSA) is 40.5 Å². The molecule has 0 saturated heterocycles. The van der Waals surface area contributed by atoms with Crippen LogP contribution < -0.4 is 7.42 Å². The second kappa shape index (κ2) is 12.3. The van der Waals surface area contributed by atoms with Crippen LogP contribution in [0, 0.1) is 0 Å². The number of rotatable bonds is 2. The van der Waals surface area contributed by atoms with Crippen LogP contribution in [-0.4, -0.2) is 38.9 Å². The molecule has 0 saturated carbocycles. The molecule has 0 atom stereocenters. The average molecular weight is 331 g/mol. The van der Waals surface area contributed by atoms with E-state index in [1.807, 2.05) is 22.7 Å². The molecular weight excluding hydrogens is 313 g/mol. The third-order valence-corrected chi connectivity index (χ3v) is 6.93. The summed E-state index contributed by atoms with van der Waals surface area (Å²) in [5, 5.41) is 19.5. The summed E-state index contributed by atoms with van der Waals surface area (Å²) >= 11 is 3.78. The first-order chi connectivity index (χ1) is 8.28. The van der Waals surface area contributed by atoms with Gasteiger partial charge in [0.1, 0.15) is 0 Å². The summed E-state index contributed by atoms with van der Waals surface area (Å²) in [7, 11) is 0. The fourth-order valence-corrected chi connectivity index (χ4v) is 6.20. The number of aliphatic hydroxyl groups excluding tert-OH is 2. The molecule has 2 nitrogen and oxygen atoms in total. The SMILES string of the molecule is CCO.CCO.c1cs[c]([Ge][c]2cccs2)c1. The first kappa shape index (κ1) is 16.9. The average Bonchev–Trinajstić information content (AvgIpc) is 2.94. The van der Waals surface area contributed by atoms with Crippen LogP contribution in [0.25, 0.3) is 0 Å². The van der Waals surface area contributed by atoms with Crippen LogP contribution in [0.1, 0.15) is 13.8 Å². The van der Waals surface area contributed by atoms with E-state index in [1.165, 1.54) is 0 Å². The van der Waals surface area contributed by atoms with Crippen molar-refractivity contribution in [3.05, 3.63) is 35.0 Å². The normalized spacial score (nSPS) is 8.71. The molecule has 17 heavy (non-hydrogen) atoms. The van der Waals surface area contributed by atoms with Crippen molar-refractivity contribution in [3.8, 4) is 0 Å². The molecule has 2 N–H and O–H groups in total. The summed E-state index contributed by atoms with van der Waals surface area (Å²) in [5.41, 5.74) is 0. The molecule has 0 aliphatic carbocycles. The van der Waals surface area contributed by atoms with Crippen LogP contribution in [0.3, 0.4) is 0 Å². The van der Waals surface area contributed by atoms with Gasteiger partial charge in [-0.05, 0) is 13.8 Å². The van der Waals surface area contributed by atoms with Gasteiger partial charge in [-0.3, -0.25) is 0 Å². The van der Waals surface area contributed by atoms with Gasteiger partial charge < -0.3 is 10.2 Å². The molecule has 0 spiro atoms. The van der Waals surface area contributed by atoms with Crippen LogP contribution in [0.15, 0.2) is 35.0 Å². The zero-order valence-electron chi connectivity index (χ0n) is 10.1. The molecule has 2 aromatic heterocycles. The Morgan fingerprint density at radius 3 is 1.53 bits per heavy atom. The maximum atomic E-state index is 7.57. The summed E-state index contributed by atoms with van der Waals surface area (Å²) in [6, 6.07) is 8.75. The Bertz CT molecular complexity index is 299. The van der Waals surface area contributed by atoms with Gasteiger partial charge in [0.15, 0.2) is 0 Å². The van der Waals surface area contributed by atoms with E-state index in [2.05, 4.69) is 35.0 Å². The zero-order valence-corrected chi connectivity index (χ0v) is 13.8. The molecule has 0 aliphatic heterocycles. The quantitative estimate of drug-likeness (QED) is 0.818. The predicted molar refractivity (Wildman–Crippen MR) is 79.2 cm³/mol. The van der Waals surface area contributed by atoms with Crippen LogP contribution in [0.2, 0.25) is 0 Å². The third-order valence-electron chi connectivity index (χ3n) is 1.29. The van der Waals surface area contributed by atoms with Gasteiger partial charge >= 0.3 is 80.5 Å². The van der Waals surface area contributed by atoms with E-state index in [1.54, 1.807) is 21.3 Å². The Labute approximate surface area is 117 Å². The van der Waals surface area contributed by atoms with Crippen molar-refractivity contribution in [2.45, 2.75) is 13.8 Å². The van der Waals surface area contributed by atoms with Gasteiger partial charge in [-0.25, -0.2) is 0 Å². The van der Waals surface area contributed by atoms with E-state index in [0.717, 1.165) is 0 Å². The molecule has 0 amide bonds. The Kier molecular flexibility index (Phi) is 12.2. The van der Waals surface area contributed by atoms with Gasteiger partial charge in [0.25, 0.3) is 0 Å². The summed E-state index contributed by atoms with van der Waals surface area (Å²) in [6.07, 6.45) is 0. The second-order valence-corrected chi connectivity index (χ2v) is 8.91. The molecule has 0 fully saturated rings. The molecule has 5 heteroatoms. The molecule has 2 aromatic rings. The van der Waals surface area contributed by atoms with E-state index in [4.69, 9.17) is 10.2 Å². The van der Waals surface area contributed by atoms with E-state index < -0.39 is 0 Å². The van der Waals surface area contributed by atoms with Gasteiger partial charge in [0, 0.05) is 13.2 Å². The van der Waals surface area contributed by atoms with Crippen LogP contribution in [-0.2, 0) is 0 Å². The molecular formula is C12H18GeO2S2. The molecule has 0 bridgehead atoms. The molecule has 2 heterocycles. The van der Waals surface area contributed by atoms with Gasteiger partial charge in [-0.2, -0.15) is 0 Å². The minimum atomic E-state index is 0.00926. The Morgan fingerprint density at radius 2 is 1.29 bits per heavy atom. The third kappa shape index (κ3) is 9.55. The molecule has 94 valence electrons.